The van der Waals surface area contributed by atoms with Crippen molar-refractivity contribution >= 4 is 5.82 Å². The van der Waals surface area contributed by atoms with Crippen LogP contribution in [0, 0.1) is 0 Å². The molecule has 2 heteroatoms. The number of nitrogens with one attached hydrogen (secondary N) is 1. The molecule has 1 N–H and O–H groups in total. The van der Waals surface area contributed by atoms with Crippen LogP contribution in [-0.4, -0.2) is 11.0 Å². The molecule has 2 rings (SSSR count). The van der Waals surface area contributed by atoms with E-state index in [1.54, 1.807) is 0 Å². The van der Waals surface area contributed by atoms with Crippen molar-refractivity contribution in [3.8, 4) is 0 Å². The third-order valence-electron chi connectivity index (χ3n) is 2.88. The van der Waals surface area contributed by atoms with Crippen molar-refractivity contribution in [2.45, 2.75) is 45.1 Å². The normalized spacial score (nSPS) is 17.2. The van der Waals surface area contributed by atoms with Gasteiger partial charge in [0.25, 0.3) is 0 Å². The van der Waals surface area contributed by atoms with Crippen molar-refractivity contribution in [1.82, 2.24) is 4.98 Å². The Bertz CT molecular complexity index is 290. The average Bonchev–Trinajstić information content (AvgIpc) is 2.71. The first kappa shape index (κ1) is 9.50. The van der Waals surface area contributed by atoms with E-state index in [0.29, 0.717) is 6.04 Å². The van der Waals surface area contributed by atoms with E-state index >= 15 is 0 Å². The van der Waals surface area contributed by atoms with Gasteiger partial charge in [-0.15, -0.1) is 0 Å². The van der Waals surface area contributed by atoms with E-state index in [-0.39, 0.29) is 0 Å². The molecule has 0 radical (unpaired) electrons. The highest BCUT2D eigenvalue weighted by Crippen LogP contribution is 2.21. The van der Waals surface area contributed by atoms with Crippen LogP contribution in [-0.2, 0) is 6.42 Å². The molecular formula is C12H18N2. The lowest BCUT2D eigenvalue weighted by atomic mass is 10.2. The van der Waals surface area contributed by atoms with Crippen molar-refractivity contribution in [3.05, 3.63) is 23.9 Å². The Hall–Kier alpha value is -1.05. The van der Waals surface area contributed by atoms with Crippen LogP contribution in [0.3, 0.4) is 0 Å². The third-order valence-corrected chi connectivity index (χ3v) is 2.88. The maximum atomic E-state index is 4.54. The zero-order valence-corrected chi connectivity index (χ0v) is 8.79. The zero-order chi connectivity index (χ0) is 9.80. The number of aromatic nitrogens is 1. The van der Waals surface area contributed by atoms with Crippen LogP contribution in [0.15, 0.2) is 18.2 Å². The second kappa shape index (κ2) is 4.45. The van der Waals surface area contributed by atoms with Gasteiger partial charge >= 0.3 is 0 Å². The smallest absolute Gasteiger partial charge is 0.126 e. The van der Waals surface area contributed by atoms with Crippen molar-refractivity contribution < 1.29 is 0 Å². The lowest BCUT2D eigenvalue weighted by molar-refractivity contribution is 0.749. The van der Waals surface area contributed by atoms with E-state index in [9.17, 15) is 0 Å². The number of anilines is 1. The Labute approximate surface area is 85.7 Å². The quantitative estimate of drug-likeness (QED) is 0.792. The molecule has 1 saturated carbocycles. The summed E-state index contributed by atoms with van der Waals surface area (Å²) >= 11 is 0. The van der Waals surface area contributed by atoms with Crippen LogP contribution in [0.2, 0.25) is 0 Å². The molecule has 1 aromatic heterocycles. The van der Waals surface area contributed by atoms with Gasteiger partial charge in [-0.1, -0.05) is 25.8 Å². The molecule has 76 valence electrons. The summed E-state index contributed by atoms with van der Waals surface area (Å²) in [5.41, 5.74) is 1.17. The molecule has 0 bridgehead atoms. The van der Waals surface area contributed by atoms with Gasteiger partial charge in [0.1, 0.15) is 5.82 Å². The molecule has 14 heavy (non-hydrogen) atoms. The SMILES string of the molecule is CCc1cccc(NC2CCCC2)n1. The van der Waals surface area contributed by atoms with Crippen LogP contribution in [0.4, 0.5) is 5.82 Å². The van der Waals surface area contributed by atoms with E-state index in [0.717, 1.165) is 12.2 Å². The molecule has 1 aliphatic rings. The summed E-state index contributed by atoms with van der Waals surface area (Å²) in [6.45, 7) is 2.14. The van der Waals surface area contributed by atoms with Gasteiger partial charge in [-0.3, -0.25) is 0 Å². The molecule has 1 aliphatic carbocycles. The second-order valence-electron chi connectivity index (χ2n) is 3.99. The van der Waals surface area contributed by atoms with E-state index in [1.807, 2.05) is 0 Å². The average molecular weight is 190 g/mol. The van der Waals surface area contributed by atoms with Crippen LogP contribution in [0.1, 0.15) is 38.3 Å². The number of hydrogen-bond donors (Lipinski definition) is 1. The van der Waals surface area contributed by atoms with Gasteiger partial charge in [0.05, 0.1) is 0 Å². The van der Waals surface area contributed by atoms with Gasteiger partial charge in [0.2, 0.25) is 0 Å². The van der Waals surface area contributed by atoms with Crippen LogP contribution >= 0.6 is 0 Å². The standard InChI is InChI=1S/C12H18N2/c1-2-10-8-5-9-12(13-10)14-11-6-3-4-7-11/h5,8-9,11H,2-4,6-7H2,1H3,(H,13,14). The maximum Gasteiger partial charge on any atom is 0.126 e. The molecule has 0 atom stereocenters. The zero-order valence-electron chi connectivity index (χ0n) is 8.79. The molecular weight excluding hydrogens is 172 g/mol. The van der Waals surface area contributed by atoms with Gasteiger partial charge in [0, 0.05) is 11.7 Å². The van der Waals surface area contributed by atoms with E-state index in [4.69, 9.17) is 0 Å². The van der Waals surface area contributed by atoms with Crippen molar-refractivity contribution in [2.24, 2.45) is 0 Å². The van der Waals surface area contributed by atoms with E-state index < -0.39 is 0 Å². The highest BCUT2D eigenvalue weighted by atomic mass is 15.0. The molecule has 2 nitrogen and oxygen atoms in total. The van der Waals surface area contributed by atoms with Gasteiger partial charge in [0.15, 0.2) is 0 Å². The molecule has 1 fully saturated rings. The minimum absolute atomic E-state index is 0.662. The maximum absolute atomic E-state index is 4.54. The summed E-state index contributed by atoms with van der Waals surface area (Å²) in [7, 11) is 0. The summed E-state index contributed by atoms with van der Waals surface area (Å²) in [4.78, 5) is 4.54. The number of hydrogen-bond acceptors (Lipinski definition) is 2. The fourth-order valence-corrected chi connectivity index (χ4v) is 2.04. The molecule has 0 spiro atoms. The van der Waals surface area contributed by atoms with E-state index in [2.05, 4.69) is 35.4 Å². The Kier molecular flexibility index (Phi) is 3.02. The molecule has 0 amide bonds. The van der Waals surface area contributed by atoms with Crippen LogP contribution in [0.5, 0.6) is 0 Å². The lowest BCUT2D eigenvalue weighted by Gasteiger charge is -2.12. The van der Waals surface area contributed by atoms with Gasteiger partial charge < -0.3 is 5.32 Å². The molecule has 1 aromatic rings. The first-order chi connectivity index (χ1) is 6.88. The summed E-state index contributed by atoms with van der Waals surface area (Å²) < 4.78 is 0. The first-order valence-electron chi connectivity index (χ1n) is 5.61. The predicted octanol–water partition coefficient (Wildman–Crippen LogP) is 3.00. The number of nitrogens with zero attached hydrogens (tertiary/aromatic N) is 1. The third kappa shape index (κ3) is 2.25. The Morgan fingerprint density at radius 1 is 1.36 bits per heavy atom. The van der Waals surface area contributed by atoms with Crippen LogP contribution < -0.4 is 5.32 Å². The number of aryl methyl sites for hydroxylation is 1. The molecule has 1 heterocycles. The molecule has 0 unspecified atom stereocenters. The number of rotatable bonds is 3. The Morgan fingerprint density at radius 3 is 2.86 bits per heavy atom. The highest BCUT2D eigenvalue weighted by molar-refractivity contribution is 5.36. The molecule has 0 aliphatic heterocycles. The minimum atomic E-state index is 0.662. The summed E-state index contributed by atoms with van der Waals surface area (Å²) in [6, 6.07) is 6.90. The summed E-state index contributed by atoms with van der Waals surface area (Å²) in [5.74, 6) is 1.05. The Morgan fingerprint density at radius 2 is 2.14 bits per heavy atom. The second-order valence-corrected chi connectivity index (χ2v) is 3.99. The summed E-state index contributed by atoms with van der Waals surface area (Å²) in [5, 5.41) is 3.50. The first-order valence-corrected chi connectivity index (χ1v) is 5.61. The van der Waals surface area contributed by atoms with Gasteiger partial charge in [-0.05, 0) is 31.4 Å². The summed E-state index contributed by atoms with van der Waals surface area (Å²) in [6.07, 6.45) is 6.35. The molecule has 0 aromatic carbocycles. The monoisotopic (exact) mass is 190 g/mol. The largest absolute Gasteiger partial charge is 0.367 e. The topological polar surface area (TPSA) is 24.9 Å². The van der Waals surface area contributed by atoms with Crippen molar-refractivity contribution in [3.63, 3.8) is 0 Å². The Balaban J connectivity index is 2.00. The lowest BCUT2D eigenvalue weighted by Crippen LogP contribution is -2.15. The fourth-order valence-electron chi connectivity index (χ4n) is 2.04. The van der Waals surface area contributed by atoms with E-state index in [1.165, 1.54) is 31.4 Å². The van der Waals surface area contributed by atoms with Crippen molar-refractivity contribution in [2.75, 3.05) is 5.32 Å². The highest BCUT2D eigenvalue weighted by Gasteiger charge is 2.14. The predicted molar refractivity (Wildman–Crippen MR) is 59.5 cm³/mol. The fraction of sp³-hybridized carbons (Fsp3) is 0.583. The molecule has 0 saturated heterocycles. The van der Waals surface area contributed by atoms with Gasteiger partial charge in [-0.25, -0.2) is 4.98 Å². The van der Waals surface area contributed by atoms with Crippen LogP contribution in [0.25, 0.3) is 0 Å². The van der Waals surface area contributed by atoms with Gasteiger partial charge in [-0.2, -0.15) is 0 Å². The number of pyridine rings is 1. The van der Waals surface area contributed by atoms with Crippen molar-refractivity contribution in [1.29, 1.82) is 0 Å². The minimum Gasteiger partial charge on any atom is -0.367 e.